The van der Waals surface area contributed by atoms with E-state index in [0.717, 1.165) is 17.0 Å². The van der Waals surface area contributed by atoms with Gasteiger partial charge in [-0.2, -0.15) is 5.10 Å². The van der Waals surface area contributed by atoms with Gasteiger partial charge in [-0.3, -0.25) is 9.89 Å². The van der Waals surface area contributed by atoms with Gasteiger partial charge in [0.25, 0.3) is 5.91 Å². The Morgan fingerprint density at radius 3 is 2.54 bits per heavy atom. The molecule has 3 rings (SSSR count). The van der Waals surface area contributed by atoms with Crippen LogP contribution >= 0.6 is 0 Å². The molecule has 0 spiro atoms. The summed E-state index contributed by atoms with van der Waals surface area (Å²) in [5.74, 6) is -0.728. The SMILES string of the molecule is COc1ccc(F)cc1C(=O)N(C)CCCc1cc(-c2ccc(F)cc2)n[nH]1. The normalized spacial score (nSPS) is 10.7. The second kappa shape index (κ2) is 8.65. The smallest absolute Gasteiger partial charge is 0.257 e. The van der Waals surface area contributed by atoms with E-state index in [4.69, 9.17) is 4.74 Å². The quantitative estimate of drug-likeness (QED) is 0.667. The van der Waals surface area contributed by atoms with Gasteiger partial charge in [0.2, 0.25) is 0 Å². The number of aromatic nitrogens is 2. The average molecular weight is 385 g/mol. The predicted octanol–water partition coefficient (Wildman–Crippen LogP) is 4.07. The number of halogens is 2. The van der Waals surface area contributed by atoms with Gasteiger partial charge in [0.05, 0.1) is 18.4 Å². The Balaban J connectivity index is 1.57. The molecule has 0 aliphatic carbocycles. The molecule has 1 N–H and O–H groups in total. The summed E-state index contributed by atoms with van der Waals surface area (Å²) < 4.78 is 31.7. The molecule has 0 saturated heterocycles. The van der Waals surface area contributed by atoms with Crippen molar-refractivity contribution in [1.29, 1.82) is 0 Å². The van der Waals surface area contributed by atoms with E-state index in [0.29, 0.717) is 25.1 Å². The van der Waals surface area contributed by atoms with E-state index >= 15 is 0 Å². The van der Waals surface area contributed by atoms with Crippen LogP contribution in [-0.2, 0) is 6.42 Å². The first kappa shape index (κ1) is 19.5. The molecule has 0 unspecified atom stereocenters. The van der Waals surface area contributed by atoms with Crippen molar-refractivity contribution in [1.82, 2.24) is 15.1 Å². The number of hydrogen-bond donors (Lipinski definition) is 1. The lowest BCUT2D eigenvalue weighted by atomic mass is 10.1. The largest absolute Gasteiger partial charge is 0.496 e. The minimum Gasteiger partial charge on any atom is -0.496 e. The first-order valence-electron chi connectivity index (χ1n) is 8.87. The van der Waals surface area contributed by atoms with E-state index in [1.807, 2.05) is 6.07 Å². The van der Waals surface area contributed by atoms with Crippen molar-refractivity contribution < 1.29 is 18.3 Å². The van der Waals surface area contributed by atoms with E-state index in [1.54, 1.807) is 19.2 Å². The van der Waals surface area contributed by atoms with Crippen LogP contribution in [0.1, 0.15) is 22.5 Å². The average Bonchev–Trinajstić information content (AvgIpc) is 3.16. The lowest BCUT2D eigenvalue weighted by Gasteiger charge is -2.18. The molecule has 5 nitrogen and oxygen atoms in total. The van der Waals surface area contributed by atoms with Gasteiger partial charge in [-0.1, -0.05) is 0 Å². The molecular weight excluding hydrogens is 364 g/mol. The summed E-state index contributed by atoms with van der Waals surface area (Å²) in [5, 5.41) is 7.21. The van der Waals surface area contributed by atoms with Crippen LogP contribution in [-0.4, -0.2) is 41.7 Å². The zero-order chi connectivity index (χ0) is 20.1. The van der Waals surface area contributed by atoms with Crippen LogP contribution in [0.5, 0.6) is 5.75 Å². The first-order valence-corrected chi connectivity index (χ1v) is 8.87. The number of methoxy groups -OCH3 is 1. The molecule has 0 aliphatic heterocycles. The zero-order valence-corrected chi connectivity index (χ0v) is 15.7. The van der Waals surface area contributed by atoms with E-state index < -0.39 is 5.82 Å². The fourth-order valence-corrected chi connectivity index (χ4v) is 2.92. The Labute approximate surface area is 161 Å². The van der Waals surface area contributed by atoms with Crippen molar-refractivity contribution in [3.8, 4) is 17.0 Å². The Kier molecular flexibility index (Phi) is 6.03. The number of carbonyl (C=O) groups excluding carboxylic acids is 1. The highest BCUT2D eigenvalue weighted by Gasteiger charge is 2.17. The first-order chi connectivity index (χ1) is 13.5. The Bertz CT molecular complexity index is 955. The molecule has 2 aromatic carbocycles. The highest BCUT2D eigenvalue weighted by Crippen LogP contribution is 2.21. The summed E-state index contributed by atoms with van der Waals surface area (Å²) in [4.78, 5) is 14.1. The van der Waals surface area contributed by atoms with Crippen LogP contribution < -0.4 is 4.74 Å². The molecule has 1 amide bonds. The molecule has 0 bridgehead atoms. The number of nitrogens with zero attached hydrogens (tertiary/aromatic N) is 2. The molecule has 0 radical (unpaired) electrons. The predicted molar refractivity (Wildman–Crippen MR) is 102 cm³/mol. The number of rotatable bonds is 7. The number of hydrogen-bond acceptors (Lipinski definition) is 3. The molecule has 0 aliphatic rings. The van der Waals surface area contributed by atoms with E-state index in [9.17, 15) is 13.6 Å². The van der Waals surface area contributed by atoms with Crippen molar-refractivity contribution in [2.75, 3.05) is 20.7 Å². The highest BCUT2D eigenvalue weighted by atomic mass is 19.1. The van der Waals surface area contributed by atoms with Crippen LogP contribution in [0, 0.1) is 11.6 Å². The molecule has 0 fully saturated rings. The summed E-state index contributed by atoms with van der Waals surface area (Å²) in [6.07, 6.45) is 1.39. The fraction of sp³-hybridized carbons (Fsp3) is 0.238. The number of carbonyl (C=O) groups is 1. The second-order valence-electron chi connectivity index (χ2n) is 6.46. The molecule has 3 aromatic rings. The minimum atomic E-state index is -0.483. The van der Waals surface area contributed by atoms with Gasteiger partial charge in [0.1, 0.15) is 17.4 Å². The number of nitrogens with one attached hydrogen (secondary N) is 1. The van der Waals surface area contributed by atoms with Crippen LogP contribution in [0.25, 0.3) is 11.3 Å². The number of H-pyrrole nitrogens is 1. The lowest BCUT2D eigenvalue weighted by Crippen LogP contribution is -2.28. The summed E-state index contributed by atoms with van der Waals surface area (Å²) in [7, 11) is 3.12. The summed E-state index contributed by atoms with van der Waals surface area (Å²) >= 11 is 0. The summed E-state index contributed by atoms with van der Waals surface area (Å²) in [6, 6.07) is 11.9. The van der Waals surface area contributed by atoms with Crippen molar-refractivity contribution in [2.24, 2.45) is 0 Å². The minimum absolute atomic E-state index is 0.199. The standard InChI is InChI=1S/C21H21F2N3O2/c1-26(21(27)18-12-16(23)9-10-20(18)28-2)11-3-4-17-13-19(25-24-17)14-5-7-15(22)8-6-14/h5-10,12-13H,3-4,11H2,1-2H3,(H,24,25). The van der Waals surface area contributed by atoms with E-state index in [1.165, 1.54) is 42.3 Å². The van der Waals surface area contributed by atoms with Gasteiger partial charge < -0.3 is 9.64 Å². The Morgan fingerprint density at radius 1 is 1.11 bits per heavy atom. The molecule has 0 saturated carbocycles. The fourth-order valence-electron chi connectivity index (χ4n) is 2.92. The van der Waals surface area contributed by atoms with Crippen LogP contribution in [0.15, 0.2) is 48.5 Å². The van der Waals surface area contributed by atoms with Gasteiger partial charge in [0.15, 0.2) is 0 Å². The van der Waals surface area contributed by atoms with Crippen molar-refractivity contribution >= 4 is 5.91 Å². The Morgan fingerprint density at radius 2 is 1.82 bits per heavy atom. The van der Waals surface area contributed by atoms with Gasteiger partial charge >= 0.3 is 0 Å². The van der Waals surface area contributed by atoms with Crippen molar-refractivity contribution in [2.45, 2.75) is 12.8 Å². The molecule has 28 heavy (non-hydrogen) atoms. The van der Waals surface area contributed by atoms with Crippen LogP contribution in [0.4, 0.5) is 8.78 Å². The van der Waals surface area contributed by atoms with Gasteiger partial charge in [-0.05, 0) is 61.4 Å². The van der Waals surface area contributed by atoms with Gasteiger partial charge in [0, 0.05) is 24.8 Å². The number of aryl methyl sites for hydroxylation is 1. The number of amides is 1. The number of ether oxygens (including phenoxy) is 1. The summed E-state index contributed by atoms with van der Waals surface area (Å²) in [6.45, 7) is 0.489. The summed E-state index contributed by atoms with van der Waals surface area (Å²) in [5.41, 5.74) is 2.69. The molecule has 1 aromatic heterocycles. The molecule has 146 valence electrons. The van der Waals surface area contributed by atoms with E-state index in [-0.39, 0.29) is 17.3 Å². The monoisotopic (exact) mass is 385 g/mol. The Hall–Kier alpha value is -3.22. The third-order valence-electron chi connectivity index (χ3n) is 4.45. The molecule has 7 heteroatoms. The lowest BCUT2D eigenvalue weighted by molar-refractivity contribution is 0.0789. The number of benzene rings is 2. The highest BCUT2D eigenvalue weighted by molar-refractivity contribution is 5.96. The van der Waals surface area contributed by atoms with Crippen LogP contribution in [0.3, 0.4) is 0 Å². The maximum absolute atomic E-state index is 13.5. The number of aromatic amines is 1. The molecule has 0 atom stereocenters. The molecular formula is C21H21F2N3O2. The molecule has 1 heterocycles. The second-order valence-corrected chi connectivity index (χ2v) is 6.46. The van der Waals surface area contributed by atoms with Gasteiger partial charge in [-0.25, -0.2) is 8.78 Å². The topological polar surface area (TPSA) is 58.2 Å². The third-order valence-corrected chi connectivity index (χ3v) is 4.45. The zero-order valence-electron chi connectivity index (χ0n) is 15.7. The van der Waals surface area contributed by atoms with Crippen molar-refractivity contribution in [3.05, 3.63) is 71.4 Å². The maximum Gasteiger partial charge on any atom is 0.257 e. The van der Waals surface area contributed by atoms with Crippen molar-refractivity contribution in [3.63, 3.8) is 0 Å². The van der Waals surface area contributed by atoms with Crippen LogP contribution in [0.2, 0.25) is 0 Å². The van der Waals surface area contributed by atoms with E-state index in [2.05, 4.69) is 10.2 Å². The maximum atomic E-state index is 13.5. The van der Waals surface area contributed by atoms with Gasteiger partial charge in [-0.15, -0.1) is 0 Å². The third kappa shape index (κ3) is 4.54.